The number of rotatable bonds is 12. The maximum absolute atomic E-state index is 15.1. The van der Waals surface area contributed by atoms with E-state index in [0.29, 0.717) is 16.6 Å². The van der Waals surface area contributed by atoms with Gasteiger partial charge in [-0.15, -0.1) is 6.42 Å². The highest BCUT2D eigenvalue weighted by molar-refractivity contribution is 5.97. The first-order valence-corrected chi connectivity index (χ1v) is 12.3. The van der Waals surface area contributed by atoms with E-state index in [0.717, 1.165) is 5.56 Å². The molecular formula is C28H29FN4O6. The number of nitrogens with zero attached hydrogens (tertiary/aromatic N) is 2. The van der Waals surface area contributed by atoms with Gasteiger partial charge in [0, 0.05) is 18.7 Å². The zero-order chi connectivity index (χ0) is 28.4. The number of carbonyl (C=O) groups excluding carboxylic acids is 3. The Morgan fingerprint density at radius 2 is 1.92 bits per heavy atom. The van der Waals surface area contributed by atoms with E-state index in [-0.39, 0.29) is 50.3 Å². The molecule has 39 heavy (non-hydrogen) atoms. The van der Waals surface area contributed by atoms with Crippen molar-refractivity contribution in [2.45, 2.75) is 39.3 Å². The topological polar surface area (TPSA) is 131 Å². The van der Waals surface area contributed by atoms with E-state index in [4.69, 9.17) is 15.9 Å². The van der Waals surface area contributed by atoms with Gasteiger partial charge in [0.25, 0.3) is 11.5 Å². The predicted molar refractivity (Wildman–Crippen MR) is 142 cm³/mol. The number of fused-ring (bicyclic) bond motifs is 1. The third kappa shape index (κ3) is 7.64. The summed E-state index contributed by atoms with van der Waals surface area (Å²) in [5, 5.41) is 2.86. The number of hydrogen-bond acceptors (Lipinski definition) is 8. The smallest absolute Gasteiger partial charge is 0.328 e. The molecule has 10 nitrogen and oxygen atoms in total. The number of H-pyrrole nitrogens is 1. The number of carbonyl (C=O) groups is 3. The van der Waals surface area contributed by atoms with Gasteiger partial charge in [-0.3, -0.25) is 14.4 Å². The number of benzene rings is 2. The second-order valence-electron chi connectivity index (χ2n) is 8.43. The fourth-order valence-corrected chi connectivity index (χ4v) is 3.89. The van der Waals surface area contributed by atoms with Gasteiger partial charge in [0.2, 0.25) is 0 Å². The Morgan fingerprint density at radius 3 is 2.62 bits per heavy atom. The van der Waals surface area contributed by atoms with Crippen LogP contribution in [-0.4, -0.2) is 53.6 Å². The van der Waals surface area contributed by atoms with Gasteiger partial charge in [0.05, 0.1) is 42.6 Å². The highest BCUT2D eigenvalue weighted by atomic mass is 19.1. The molecule has 1 heterocycles. The van der Waals surface area contributed by atoms with Gasteiger partial charge >= 0.3 is 11.9 Å². The van der Waals surface area contributed by atoms with Crippen LogP contribution in [0.5, 0.6) is 0 Å². The van der Waals surface area contributed by atoms with Gasteiger partial charge in [0.1, 0.15) is 11.9 Å². The van der Waals surface area contributed by atoms with Crippen LogP contribution in [-0.2, 0) is 25.6 Å². The lowest BCUT2D eigenvalue weighted by molar-refractivity contribution is -0.146. The molecule has 0 bridgehead atoms. The summed E-state index contributed by atoms with van der Waals surface area (Å²) in [4.78, 5) is 57.4. The van der Waals surface area contributed by atoms with E-state index in [1.807, 2.05) is 0 Å². The van der Waals surface area contributed by atoms with E-state index in [1.54, 1.807) is 36.9 Å². The van der Waals surface area contributed by atoms with Crippen molar-refractivity contribution in [1.82, 2.24) is 15.3 Å². The first-order valence-electron chi connectivity index (χ1n) is 12.3. The molecule has 0 spiro atoms. The molecule has 0 aliphatic heterocycles. The quantitative estimate of drug-likeness (QED) is 0.267. The summed E-state index contributed by atoms with van der Waals surface area (Å²) >= 11 is 0. The second kappa shape index (κ2) is 13.7. The number of ether oxygens (including phenoxy) is 2. The summed E-state index contributed by atoms with van der Waals surface area (Å²) in [7, 11) is 0. The molecular weight excluding hydrogens is 507 g/mol. The number of aromatic amines is 1. The molecule has 0 aliphatic carbocycles. The lowest BCUT2D eigenvalue weighted by Crippen LogP contribution is -2.42. The first kappa shape index (κ1) is 28.8. The third-order valence-electron chi connectivity index (χ3n) is 5.74. The van der Waals surface area contributed by atoms with Crippen molar-refractivity contribution >= 4 is 34.4 Å². The van der Waals surface area contributed by atoms with Crippen molar-refractivity contribution in [3.8, 4) is 12.3 Å². The average molecular weight is 537 g/mol. The normalized spacial score (nSPS) is 11.3. The number of anilines is 1. The van der Waals surface area contributed by atoms with Crippen LogP contribution < -0.4 is 15.8 Å². The van der Waals surface area contributed by atoms with Crippen molar-refractivity contribution in [2.75, 3.05) is 24.7 Å². The molecule has 0 fully saturated rings. The zero-order valence-electron chi connectivity index (χ0n) is 21.7. The highest BCUT2D eigenvalue weighted by Crippen LogP contribution is 2.22. The highest BCUT2D eigenvalue weighted by Gasteiger charge is 2.25. The summed E-state index contributed by atoms with van der Waals surface area (Å²) in [5.41, 5.74) is 1.11. The van der Waals surface area contributed by atoms with Crippen molar-refractivity contribution in [1.29, 1.82) is 0 Å². The minimum absolute atomic E-state index is 0.0663. The predicted octanol–water partition coefficient (Wildman–Crippen LogP) is 2.71. The maximum Gasteiger partial charge on any atom is 0.328 e. The largest absolute Gasteiger partial charge is 0.466 e. The van der Waals surface area contributed by atoms with Crippen LogP contribution in [0.3, 0.4) is 0 Å². The van der Waals surface area contributed by atoms with E-state index in [9.17, 15) is 19.2 Å². The summed E-state index contributed by atoms with van der Waals surface area (Å²) in [6.45, 7) is 3.90. The van der Waals surface area contributed by atoms with E-state index in [2.05, 4.69) is 21.2 Å². The van der Waals surface area contributed by atoms with Crippen molar-refractivity contribution in [3.05, 3.63) is 70.0 Å². The van der Waals surface area contributed by atoms with Crippen LogP contribution >= 0.6 is 0 Å². The molecule has 0 saturated carbocycles. The molecule has 0 radical (unpaired) electrons. The van der Waals surface area contributed by atoms with Gasteiger partial charge in [-0.2, -0.15) is 0 Å². The number of nitrogens with one attached hydrogen (secondary N) is 2. The molecule has 1 atom stereocenters. The van der Waals surface area contributed by atoms with Crippen molar-refractivity contribution in [2.24, 2.45) is 0 Å². The number of amides is 1. The Bertz CT molecular complexity index is 1450. The molecule has 3 rings (SSSR count). The molecule has 1 aromatic heterocycles. The number of terminal acetylenes is 1. The van der Waals surface area contributed by atoms with Crippen LogP contribution in [0.15, 0.2) is 47.5 Å². The molecule has 0 unspecified atom stereocenters. The fourth-order valence-electron chi connectivity index (χ4n) is 3.89. The summed E-state index contributed by atoms with van der Waals surface area (Å²) in [6.07, 6.45) is 6.67. The Kier molecular flexibility index (Phi) is 10.1. The van der Waals surface area contributed by atoms with Crippen LogP contribution in [0.1, 0.15) is 42.6 Å². The molecule has 2 aromatic carbocycles. The SMILES string of the molecule is C#CCN(Cc1ccc2nc[nH]c(=O)c2c1)c1ccc(C(=O)N[C@@H](CCC(=O)OCC)C(=O)OCC)c(F)c1. The molecule has 204 valence electrons. The minimum atomic E-state index is -1.16. The van der Waals surface area contributed by atoms with Gasteiger partial charge in [0.15, 0.2) is 0 Å². The number of halogens is 1. The number of hydrogen-bond donors (Lipinski definition) is 2. The van der Waals surface area contributed by atoms with E-state index >= 15 is 4.39 Å². The lowest BCUT2D eigenvalue weighted by Gasteiger charge is -2.23. The molecule has 2 N–H and O–H groups in total. The Morgan fingerprint density at radius 1 is 1.15 bits per heavy atom. The molecule has 1 amide bonds. The van der Waals surface area contributed by atoms with E-state index in [1.165, 1.54) is 24.5 Å². The minimum Gasteiger partial charge on any atom is -0.466 e. The molecule has 11 heteroatoms. The number of aromatic nitrogens is 2. The summed E-state index contributed by atoms with van der Waals surface area (Å²) in [5.74, 6) is -0.416. The third-order valence-corrected chi connectivity index (χ3v) is 5.74. The van der Waals surface area contributed by atoms with Crippen LogP contribution in [0, 0.1) is 18.2 Å². The van der Waals surface area contributed by atoms with Gasteiger partial charge in [-0.05, 0) is 56.2 Å². The summed E-state index contributed by atoms with van der Waals surface area (Å²) < 4.78 is 25.0. The van der Waals surface area contributed by atoms with Gasteiger partial charge in [-0.1, -0.05) is 12.0 Å². The van der Waals surface area contributed by atoms with E-state index < -0.39 is 29.7 Å². The maximum atomic E-state index is 15.1. The lowest BCUT2D eigenvalue weighted by atomic mass is 10.1. The van der Waals surface area contributed by atoms with Crippen molar-refractivity contribution in [3.63, 3.8) is 0 Å². The summed E-state index contributed by atoms with van der Waals surface area (Å²) in [6, 6.07) is 8.01. The van der Waals surface area contributed by atoms with Gasteiger partial charge in [-0.25, -0.2) is 14.2 Å². The Hall–Kier alpha value is -4.72. The average Bonchev–Trinajstić information content (AvgIpc) is 2.91. The molecule has 3 aromatic rings. The number of esters is 2. The molecule has 0 saturated heterocycles. The second-order valence-corrected chi connectivity index (χ2v) is 8.43. The standard InChI is InChI=1S/C28H29FN4O6/c1-4-13-33(16-18-7-10-23-21(14-18)26(35)31-17-30-23)19-8-9-20(22(29)15-19)27(36)32-24(28(37)39-6-3)11-12-25(34)38-5-2/h1,7-10,14-15,17,24H,5-6,11-13,16H2,2-3H3,(H,32,36)(H,30,31,35)/t24-/m0/s1. The van der Waals surface area contributed by atoms with Crippen LogP contribution in [0.2, 0.25) is 0 Å². The Labute approximate surface area is 224 Å². The Balaban J connectivity index is 1.78. The van der Waals surface area contributed by atoms with Gasteiger partial charge < -0.3 is 24.7 Å². The van der Waals surface area contributed by atoms with Crippen LogP contribution in [0.25, 0.3) is 10.9 Å². The van der Waals surface area contributed by atoms with Crippen LogP contribution in [0.4, 0.5) is 10.1 Å². The fraction of sp³-hybridized carbons (Fsp3) is 0.321. The first-order chi connectivity index (χ1) is 18.8. The monoisotopic (exact) mass is 536 g/mol. The zero-order valence-corrected chi connectivity index (χ0v) is 21.7. The molecule has 0 aliphatic rings. The van der Waals surface area contributed by atoms with Crippen molar-refractivity contribution < 1.29 is 28.2 Å².